The van der Waals surface area contributed by atoms with E-state index in [4.69, 9.17) is 5.73 Å². The topological polar surface area (TPSA) is 56.7 Å². The molecule has 4 heteroatoms. The number of nitrogens with two attached hydrogens (primary N) is 1. The third-order valence-corrected chi connectivity index (χ3v) is 4.60. The third kappa shape index (κ3) is 1.54. The zero-order valence-electron chi connectivity index (χ0n) is 11.6. The van der Waals surface area contributed by atoms with E-state index >= 15 is 0 Å². The number of para-hydroxylation sites is 1. The Morgan fingerprint density at radius 3 is 2.85 bits per heavy atom. The van der Waals surface area contributed by atoms with Crippen LogP contribution in [0.1, 0.15) is 32.2 Å². The molecule has 1 aliphatic carbocycles. The second kappa shape index (κ2) is 4.20. The maximum atomic E-state index is 6.21. The Hall–Kier alpha value is -2.10. The number of hydrogen-bond acceptors (Lipinski definition) is 3. The molecule has 2 N–H and O–H groups in total. The molecule has 2 unspecified atom stereocenters. The second-order valence-electron chi connectivity index (χ2n) is 5.82. The number of imidazole rings is 1. The van der Waals surface area contributed by atoms with Crippen molar-refractivity contribution < 1.29 is 0 Å². The Balaban J connectivity index is 2.08. The first-order chi connectivity index (χ1) is 9.75. The Labute approximate surface area is 117 Å². The molecule has 0 radical (unpaired) electrons. The summed E-state index contributed by atoms with van der Waals surface area (Å²) >= 11 is 0. The average Bonchev–Trinajstić information content (AvgIpc) is 3.01. The lowest BCUT2D eigenvalue weighted by Crippen LogP contribution is -2.14. The van der Waals surface area contributed by atoms with Gasteiger partial charge >= 0.3 is 0 Å². The molecule has 20 heavy (non-hydrogen) atoms. The van der Waals surface area contributed by atoms with Gasteiger partial charge in [-0.05, 0) is 24.8 Å². The van der Waals surface area contributed by atoms with Crippen molar-refractivity contribution in [3.63, 3.8) is 0 Å². The molecule has 1 aliphatic rings. The number of anilines is 1. The van der Waals surface area contributed by atoms with Gasteiger partial charge in [0.2, 0.25) is 5.95 Å². The summed E-state index contributed by atoms with van der Waals surface area (Å²) in [6, 6.07) is 8.69. The lowest BCUT2D eigenvalue weighted by Gasteiger charge is -2.20. The zero-order chi connectivity index (χ0) is 13.7. The predicted molar refractivity (Wildman–Crippen MR) is 81.5 cm³/mol. The van der Waals surface area contributed by atoms with Crippen LogP contribution in [-0.2, 0) is 0 Å². The van der Waals surface area contributed by atoms with E-state index in [1.807, 2.05) is 18.3 Å². The molecule has 0 spiro atoms. The van der Waals surface area contributed by atoms with Gasteiger partial charge in [0, 0.05) is 11.4 Å². The molecule has 0 aliphatic heterocycles. The minimum atomic E-state index is 0.464. The molecular weight excluding hydrogens is 248 g/mol. The first-order valence-electron chi connectivity index (χ1n) is 7.27. The number of hydrogen-bond donors (Lipinski definition) is 1. The van der Waals surface area contributed by atoms with Gasteiger partial charge in [-0.3, -0.25) is 4.98 Å². The van der Waals surface area contributed by atoms with E-state index in [1.54, 1.807) is 0 Å². The van der Waals surface area contributed by atoms with Gasteiger partial charge in [0.05, 0.1) is 17.2 Å². The fraction of sp³-hybridized carbons (Fsp3) is 0.375. The van der Waals surface area contributed by atoms with Gasteiger partial charge in [0.1, 0.15) is 5.52 Å². The average molecular weight is 266 g/mol. The van der Waals surface area contributed by atoms with E-state index in [0.29, 0.717) is 17.9 Å². The van der Waals surface area contributed by atoms with Gasteiger partial charge < -0.3 is 10.3 Å². The smallest absolute Gasteiger partial charge is 0.201 e. The number of benzene rings is 1. The van der Waals surface area contributed by atoms with Gasteiger partial charge in [-0.15, -0.1) is 0 Å². The highest BCUT2D eigenvalue weighted by Gasteiger charge is 2.28. The van der Waals surface area contributed by atoms with E-state index in [9.17, 15) is 0 Å². The van der Waals surface area contributed by atoms with Crippen molar-refractivity contribution in [1.29, 1.82) is 0 Å². The molecule has 1 saturated carbocycles. The highest BCUT2D eigenvalue weighted by molar-refractivity contribution is 6.03. The normalized spacial score (nSPS) is 22.9. The number of rotatable bonds is 1. The molecule has 1 fully saturated rings. The van der Waals surface area contributed by atoms with E-state index in [2.05, 4.69) is 33.6 Å². The summed E-state index contributed by atoms with van der Waals surface area (Å²) in [5.41, 5.74) is 9.27. The number of fused-ring (bicyclic) bond motifs is 3. The Kier molecular flexibility index (Phi) is 2.46. The number of nitrogens with zero attached hydrogens (tertiary/aromatic N) is 3. The minimum Gasteiger partial charge on any atom is -0.369 e. The van der Waals surface area contributed by atoms with Crippen molar-refractivity contribution in [2.45, 2.75) is 32.2 Å². The summed E-state index contributed by atoms with van der Waals surface area (Å²) < 4.78 is 2.25. The molecule has 1 aromatic carbocycles. The van der Waals surface area contributed by atoms with Crippen LogP contribution >= 0.6 is 0 Å². The summed E-state index contributed by atoms with van der Waals surface area (Å²) in [4.78, 5) is 9.00. The van der Waals surface area contributed by atoms with Gasteiger partial charge in [-0.2, -0.15) is 0 Å². The first kappa shape index (κ1) is 11.7. The first-order valence-corrected chi connectivity index (χ1v) is 7.27. The van der Waals surface area contributed by atoms with Crippen LogP contribution in [0.5, 0.6) is 0 Å². The van der Waals surface area contributed by atoms with E-state index in [-0.39, 0.29) is 0 Å². The van der Waals surface area contributed by atoms with E-state index < -0.39 is 0 Å². The van der Waals surface area contributed by atoms with Gasteiger partial charge in [0.25, 0.3) is 0 Å². The standard InChI is InChI=1S/C16H18N4/c1-10-5-4-8-14(10)20-15-11-6-2-3-7-12(11)18-9-13(15)19-16(20)17/h2-3,6-7,9-10,14H,4-5,8H2,1H3,(H2,17,19). The number of pyridine rings is 1. The maximum absolute atomic E-state index is 6.21. The summed E-state index contributed by atoms with van der Waals surface area (Å²) in [5.74, 6) is 1.28. The fourth-order valence-electron chi connectivity index (χ4n) is 3.59. The Morgan fingerprint density at radius 1 is 1.20 bits per heavy atom. The number of aromatic nitrogens is 3. The molecule has 2 atom stereocenters. The van der Waals surface area contributed by atoms with Crippen molar-refractivity contribution in [2.75, 3.05) is 5.73 Å². The molecule has 4 rings (SSSR count). The van der Waals surface area contributed by atoms with Crippen LogP contribution < -0.4 is 5.73 Å². The molecular formula is C16H18N4. The predicted octanol–water partition coefficient (Wildman–Crippen LogP) is 3.53. The monoisotopic (exact) mass is 266 g/mol. The summed E-state index contributed by atoms with van der Waals surface area (Å²) in [6.45, 7) is 2.31. The lowest BCUT2D eigenvalue weighted by molar-refractivity contribution is 0.421. The van der Waals surface area contributed by atoms with E-state index in [0.717, 1.165) is 21.9 Å². The van der Waals surface area contributed by atoms with Crippen LogP contribution in [0.15, 0.2) is 30.5 Å². The third-order valence-electron chi connectivity index (χ3n) is 4.60. The van der Waals surface area contributed by atoms with Gasteiger partial charge in [-0.1, -0.05) is 31.5 Å². The van der Waals surface area contributed by atoms with Crippen molar-refractivity contribution >= 4 is 27.9 Å². The molecule has 4 nitrogen and oxygen atoms in total. The molecule has 2 heterocycles. The maximum Gasteiger partial charge on any atom is 0.201 e. The molecule has 3 aromatic rings. The van der Waals surface area contributed by atoms with Crippen molar-refractivity contribution in [2.24, 2.45) is 5.92 Å². The quantitative estimate of drug-likeness (QED) is 0.733. The lowest BCUT2D eigenvalue weighted by atomic mass is 10.1. The van der Waals surface area contributed by atoms with E-state index in [1.165, 1.54) is 19.3 Å². The summed E-state index contributed by atoms with van der Waals surface area (Å²) in [7, 11) is 0. The Bertz CT molecular complexity index is 790. The molecule has 0 amide bonds. The molecule has 0 saturated heterocycles. The second-order valence-corrected chi connectivity index (χ2v) is 5.82. The minimum absolute atomic E-state index is 0.464. The van der Waals surface area contributed by atoms with Crippen molar-refractivity contribution in [3.8, 4) is 0 Å². The van der Waals surface area contributed by atoms with Crippen molar-refractivity contribution in [1.82, 2.24) is 14.5 Å². The largest absolute Gasteiger partial charge is 0.369 e. The highest BCUT2D eigenvalue weighted by atomic mass is 15.2. The summed E-state index contributed by atoms with van der Waals surface area (Å²) in [5, 5.41) is 1.15. The summed E-state index contributed by atoms with van der Waals surface area (Å²) in [6.07, 6.45) is 5.57. The van der Waals surface area contributed by atoms with Crippen LogP contribution in [0, 0.1) is 5.92 Å². The molecule has 0 bridgehead atoms. The van der Waals surface area contributed by atoms with Crippen molar-refractivity contribution in [3.05, 3.63) is 30.5 Å². The fourth-order valence-corrected chi connectivity index (χ4v) is 3.59. The van der Waals surface area contributed by atoms with Crippen LogP contribution in [-0.4, -0.2) is 14.5 Å². The van der Waals surface area contributed by atoms with Crippen LogP contribution in [0.4, 0.5) is 5.95 Å². The zero-order valence-corrected chi connectivity index (χ0v) is 11.6. The SMILES string of the molecule is CC1CCCC1n1c(N)nc2cnc3ccccc3c21. The van der Waals surface area contributed by atoms with Crippen LogP contribution in [0.25, 0.3) is 21.9 Å². The molecule has 102 valence electrons. The van der Waals surface area contributed by atoms with Crippen LogP contribution in [0.2, 0.25) is 0 Å². The Morgan fingerprint density at radius 2 is 2.05 bits per heavy atom. The van der Waals surface area contributed by atoms with Gasteiger partial charge in [0.15, 0.2) is 0 Å². The molecule has 2 aromatic heterocycles. The van der Waals surface area contributed by atoms with Crippen LogP contribution in [0.3, 0.4) is 0 Å². The van der Waals surface area contributed by atoms with Gasteiger partial charge in [-0.25, -0.2) is 4.98 Å². The highest BCUT2D eigenvalue weighted by Crippen LogP contribution is 2.40. The number of nitrogen functional groups attached to an aromatic ring is 1.